The fraction of sp³-hybridized carbons (Fsp3) is 0. The summed E-state index contributed by atoms with van der Waals surface area (Å²) in [5.41, 5.74) is 15.1. The Bertz CT molecular complexity index is 4370. The first-order valence-corrected chi connectivity index (χ1v) is 23.1. The van der Waals surface area contributed by atoms with E-state index in [1.165, 1.54) is 153 Å². The largest absolute Gasteiger partial charge is 0.0622 e. The molecule has 1 aliphatic carbocycles. The number of benzene rings is 14. The molecule has 0 aliphatic heterocycles. The van der Waals surface area contributed by atoms with E-state index in [1.54, 1.807) is 0 Å². The molecule has 14 aromatic rings. The van der Waals surface area contributed by atoms with E-state index in [-0.39, 0.29) is 0 Å². The fourth-order valence-corrected chi connectivity index (χ4v) is 12.0. The summed E-state index contributed by atoms with van der Waals surface area (Å²) in [6.07, 6.45) is 0. The van der Waals surface area contributed by atoms with Crippen LogP contribution in [0.15, 0.2) is 231 Å². The van der Waals surface area contributed by atoms with Crippen molar-refractivity contribution in [3.63, 3.8) is 0 Å². The minimum atomic E-state index is 1.21. The summed E-state index contributed by atoms with van der Waals surface area (Å²) in [6.45, 7) is 0. The summed E-state index contributed by atoms with van der Waals surface area (Å²) >= 11 is 0. The third-order valence-electron chi connectivity index (χ3n) is 14.8. The summed E-state index contributed by atoms with van der Waals surface area (Å²) < 4.78 is 0. The highest BCUT2D eigenvalue weighted by Crippen LogP contribution is 2.61. The second-order valence-corrected chi connectivity index (χ2v) is 18.2. The molecular formula is C66H38. The lowest BCUT2D eigenvalue weighted by atomic mass is 9.79. The van der Waals surface area contributed by atoms with Crippen LogP contribution in [0.3, 0.4) is 0 Å². The Morgan fingerprint density at radius 3 is 1.42 bits per heavy atom. The van der Waals surface area contributed by atoms with Gasteiger partial charge < -0.3 is 0 Å². The molecule has 66 heavy (non-hydrogen) atoms. The Morgan fingerprint density at radius 2 is 0.667 bits per heavy atom. The predicted molar refractivity (Wildman–Crippen MR) is 284 cm³/mol. The molecule has 0 radical (unpaired) electrons. The number of hydrogen-bond donors (Lipinski definition) is 0. The molecule has 0 heteroatoms. The van der Waals surface area contributed by atoms with Crippen LogP contribution >= 0.6 is 0 Å². The van der Waals surface area contributed by atoms with Gasteiger partial charge in [-0.3, -0.25) is 0 Å². The molecule has 15 rings (SSSR count). The first-order chi connectivity index (χ1) is 32.7. The maximum absolute atomic E-state index is 2.57. The van der Waals surface area contributed by atoms with E-state index in [1.807, 2.05) is 0 Å². The van der Waals surface area contributed by atoms with Crippen molar-refractivity contribution in [2.75, 3.05) is 0 Å². The molecule has 1 aliphatic rings. The van der Waals surface area contributed by atoms with E-state index in [9.17, 15) is 0 Å². The van der Waals surface area contributed by atoms with Gasteiger partial charge in [0.1, 0.15) is 0 Å². The summed E-state index contributed by atoms with van der Waals surface area (Å²) in [5, 5.41) is 20.6. The molecule has 0 saturated carbocycles. The molecule has 0 unspecified atom stereocenters. The van der Waals surface area contributed by atoms with Crippen LogP contribution in [-0.2, 0) is 0 Å². The summed E-state index contributed by atoms with van der Waals surface area (Å²) in [6, 6.07) is 86.9. The molecule has 0 aromatic heterocycles. The van der Waals surface area contributed by atoms with Crippen molar-refractivity contribution in [2.24, 2.45) is 0 Å². The van der Waals surface area contributed by atoms with Gasteiger partial charge >= 0.3 is 0 Å². The molecule has 0 N–H and O–H groups in total. The zero-order valence-corrected chi connectivity index (χ0v) is 35.9. The van der Waals surface area contributed by atoms with Gasteiger partial charge in [-0.1, -0.05) is 194 Å². The van der Waals surface area contributed by atoms with Crippen LogP contribution in [0.1, 0.15) is 0 Å². The second-order valence-electron chi connectivity index (χ2n) is 18.2. The minimum Gasteiger partial charge on any atom is -0.0622 e. The summed E-state index contributed by atoms with van der Waals surface area (Å²) in [5.74, 6) is 0. The van der Waals surface area contributed by atoms with Gasteiger partial charge in [-0.15, -0.1) is 0 Å². The van der Waals surface area contributed by atoms with E-state index >= 15 is 0 Å². The van der Waals surface area contributed by atoms with E-state index in [2.05, 4.69) is 231 Å². The van der Waals surface area contributed by atoms with Crippen LogP contribution in [-0.4, -0.2) is 0 Å². The van der Waals surface area contributed by atoms with E-state index < -0.39 is 0 Å². The molecule has 0 fully saturated rings. The standard InChI is InChI=1S/C66H38/c1-3-15-39(16-4-1)43-22-14-23-46(33-43)61-57-38-56-54-35-45-20-8-7-19-44(45)34-53(54)49-26-10-11-27-50(49)55(56)37-58(57)63(51-28-12-9-25-48(51)40-17-5-2-6-18-40)66-59-36-47-24-13-21-41-29-30-42-31-32-52(65(61)66)64(59)62(42)60(41)47/h1-38H. The minimum absolute atomic E-state index is 1.21. The van der Waals surface area contributed by atoms with Crippen LogP contribution in [0, 0.1) is 0 Å². The average molecular weight is 831 g/mol. The van der Waals surface area contributed by atoms with Gasteiger partial charge in [0.05, 0.1) is 0 Å². The van der Waals surface area contributed by atoms with Crippen molar-refractivity contribution < 1.29 is 0 Å². The molecule has 0 atom stereocenters. The zero-order chi connectivity index (χ0) is 43.0. The van der Waals surface area contributed by atoms with Crippen molar-refractivity contribution in [3.8, 4) is 66.8 Å². The Hall–Kier alpha value is -8.58. The molecule has 0 amide bonds. The average Bonchev–Trinajstić information content (AvgIpc) is 3.71. The molecule has 302 valence electrons. The third-order valence-corrected chi connectivity index (χ3v) is 14.8. The maximum atomic E-state index is 2.57. The number of fused-ring (bicyclic) bond motifs is 11. The van der Waals surface area contributed by atoms with E-state index in [0.29, 0.717) is 0 Å². The highest BCUT2D eigenvalue weighted by molar-refractivity contribution is 6.38. The van der Waals surface area contributed by atoms with Crippen molar-refractivity contribution in [2.45, 2.75) is 0 Å². The van der Waals surface area contributed by atoms with Crippen molar-refractivity contribution in [1.29, 1.82) is 0 Å². The first-order valence-electron chi connectivity index (χ1n) is 23.1. The van der Waals surface area contributed by atoms with E-state index in [4.69, 9.17) is 0 Å². The highest BCUT2D eigenvalue weighted by atomic mass is 14.4. The Kier molecular flexibility index (Phi) is 7.31. The molecule has 14 aromatic carbocycles. The summed E-state index contributed by atoms with van der Waals surface area (Å²) in [7, 11) is 0. The zero-order valence-electron chi connectivity index (χ0n) is 35.9. The molecule has 0 bridgehead atoms. The quantitative estimate of drug-likeness (QED) is 0.122. The molecule has 0 spiro atoms. The molecule has 0 saturated heterocycles. The lowest BCUT2D eigenvalue weighted by Gasteiger charge is -2.23. The Labute approximate surface area is 381 Å². The van der Waals surface area contributed by atoms with Crippen molar-refractivity contribution >= 4 is 86.2 Å². The SMILES string of the molecule is c1ccc(-c2cccc(-c3c4c(c(-c5ccccc5-c5ccccc5)c5cc6c7ccccc7c7cc8ccccc8cc7c6cc35)-c3cc5cccc6ccc7ccc-4c3c7c65)c2)cc1. The molecule has 0 heterocycles. The third kappa shape index (κ3) is 4.93. The van der Waals surface area contributed by atoms with Gasteiger partial charge in [0.15, 0.2) is 0 Å². The molecular weight excluding hydrogens is 793 g/mol. The Balaban J connectivity index is 1.21. The topological polar surface area (TPSA) is 0 Å². The van der Waals surface area contributed by atoms with Gasteiger partial charge in [-0.25, -0.2) is 0 Å². The van der Waals surface area contributed by atoms with Crippen LogP contribution < -0.4 is 0 Å². The maximum Gasteiger partial charge on any atom is -0.000696 e. The lowest BCUT2D eigenvalue weighted by molar-refractivity contribution is 1.59. The number of hydrogen-bond acceptors (Lipinski definition) is 0. The smallest absolute Gasteiger partial charge is 0.000696 e. The highest BCUT2D eigenvalue weighted by Gasteiger charge is 2.33. The van der Waals surface area contributed by atoms with Gasteiger partial charge in [-0.2, -0.15) is 0 Å². The predicted octanol–water partition coefficient (Wildman–Crippen LogP) is 18.7. The fourth-order valence-electron chi connectivity index (χ4n) is 12.0. The monoisotopic (exact) mass is 830 g/mol. The summed E-state index contributed by atoms with van der Waals surface area (Å²) in [4.78, 5) is 0. The van der Waals surface area contributed by atoms with Gasteiger partial charge in [0, 0.05) is 0 Å². The van der Waals surface area contributed by atoms with E-state index in [0.717, 1.165) is 0 Å². The first kappa shape index (κ1) is 35.8. The van der Waals surface area contributed by atoms with Crippen molar-refractivity contribution in [3.05, 3.63) is 231 Å². The van der Waals surface area contributed by atoms with Crippen molar-refractivity contribution in [1.82, 2.24) is 0 Å². The van der Waals surface area contributed by atoms with Gasteiger partial charge in [0.2, 0.25) is 0 Å². The van der Waals surface area contributed by atoms with Crippen LogP contribution in [0.5, 0.6) is 0 Å². The van der Waals surface area contributed by atoms with Crippen LogP contribution in [0.25, 0.3) is 153 Å². The van der Waals surface area contributed by atoms with Gasteiger partial charge in [-0.05, 0) is 189 Å². The van der Waals surface area contributed by atoms with Crippen LogP contribution in [0.4, 0.5) is 0 Å². The molecule has 0 nitrogen and oxygen atoms in total. The lowest BCUT2D eigenvalue weighted by Crippen LogP contribution is -1.96. The normalized spacial score (nSPS) is 12.2. The number of rotatable bonds is 4. The second kappa shape index (κ2) is 13.5. The van der Waals surface area contributed by atoms with Gasteiger partial charge in [0.25, 0.3) is 0 Å². The Morgan fingerprint density at radius 1 is 0.167 bits per heavy atom. The van der Waals surface area contributed by atoms with Crippen LogP contribution in [0.2, 0.25) is 0 Å².